The number of hydrogen-bond donors (Lipinski definition) is 6. The normalized spacial score (nSPS) is 25.3. The minimum atomic E-state index is -1.05. The lowest BCUT2D eigenvalue weighted by Crippen LogP contribution is -2.56. The van der Waals surface area contributed by atoms with Gasteiger partial charge in [0, 0.05) is 113 Å². The maximum atomic E-state index is 15.5. The molecule has 8 heterocycles. The fraction of sp³-hybridized carbons (Fsp3) is 0.628. The Morgan fingerprint density at radius 2 is 1.05 bits per heavy atom. The van der Waals surface area contributed by atoms with Crippen LogP contribution in [-0.4, -0.2) is 133 Å². The zero-order chi connectivity index (χ0) is 70.9. The molecule has 1 aromatic carbocycles. The van der Waals surface area contributed by atoms with E-state index >= 15 is 19.2 Å². The van der Waals surface area contributed by atoms with Crippen LogP contribution in [0.2, 0.25) is 0 Å². The molecule has 0 bridgehead atoms. The number of allylic oxidation sites excluding steroid dienone is 1. The quantitative estimate of drug-likeness (QED) is 0.0279. The lowest BCUT2D eigenvalue weighted by atomic mass is 9.60. The molecule has 25 heteroatoms. The number of amides is 6. The summed E-state index contributed by atoms with van der Waals surface area (Å²) in [5, 5.41) is 42.0. The van der Waals surface area contributed by atoms with E-state index in [1.165, 1.54) is 10.2 Å². The smallest absolute Gasteiger partial charge is 0.270 e. The first kappa shape index (κ1) is 69.1. The summed E-state index contributed by atoms with van der Waals surface area (Å²) in [4.78, 5) is 90.5. The van der Waals surface area contributed by atoms with Gasteiger partial charge < -0.3 is 49.8 Å². The number of carbonyl (C=O) groups is 6. The number of fused-ring (bicyclic) bond motifs is 2. The highest BCUT2D eigenvalue weighted by Gasteiger charge is 2.60. The van der Waals surface area contributed by atoms with Crippen LogP contribution in [0.25, 0.3) is 6.08 Å². The van der Waals surface area contributed by atoms with Gasteiger partial charge in [0.25, 0.3) is 17.7 Å². The van der Waals surface area contributed by atoms with Crippen molar-refractivity contribution in [2.24, 2.45) is 70.6 Å². The first-order chi connectivity index (χ1) is 49.8. The molecule has 7 aliphatic carbocycles. The Morgan fingerprint density at radius 1 is 0.534 bits per heavy atom. The summed E-state index contributed by atoms with van der Waals surface area (Å²) in [6.45, 7) is 13.2. The van der Waals surface area contributed by atoms with Crippen LogP contribution >= 0.6 is 0 Å². The number of rotatable bonds is 27. The first-order valence-corrected chi connectivity index (χ1v) is 38.2. The highest BCUT2D eigenvalue weighted by Crippen LogP contribution is 2.62. The van der Waals surface area contributed by atoms with Crippen molar-refractivity contribution in [1.29, 1.82) is 0 Å². The molecule has 3 saturated heterocycles. The predicted molar refractivity (Wildman–Crippen MR) is 380 cm³/mol. The van der Waals surface area contributed by atoms with Gasteiger partial charge in [-0.15, -0.1) is 0 Å². The van der Waals surface area contributed by atoms with Crippen LogP contribution in [0.3, 0.4) is 0 Å². The lowest BCUT2D eigenvalue weighted by Gasteiger charge is -2.47. The van der Waals surface area contributed by atoms with E-state index in [0.717, 1.165) is 139 Å². The van der Waals surface area contributed by atoms with Crippen LogP contribution in [0.15, 0.2) is 76.2 Å². The zero-order valence-electron chi connectivity index (χ0n) is 60.1. The maximum Gasteiger partial charge on any atom is 0.270 e. The molecule has 5 aromatic heterocycles. The molecule has 7 unspecified atom stereocenters. The number of aromatic nitrogens is 8. The summed E-state index contributed by atoms with van der Waals surface area (Å²) in [6.07, 6.45) is 25.9. The van der Waals surface area contributed by atoms with Gasteiger partial charge in [-0.25, -0.2) is 0 Å². The van der Waals surface area contributed by atoms with Crippen LogP contribution in [0.4, 0.5) is 17.4 Å². The largest absolute Gasteiger partial charge is 0.381 e. The van der Waals surface area contributed by atoms with Crippen molar-refractivity contribution in [3.8, 4) is 0 Å². The van der Waals surface area contributed by atoms with Gasteiger partial charge in [-0.2, -0.15) is 15.3 Å². The number of nitrogens with one attached hydrogen (secondary N) is 6. The SMILES string of the molecule is Cc1c(C2CCOCC2)noc1NC(=O)[C@@H](NC(=O)c1ccnn1CC1CCC1C([C@H](NC(=O)c1ccnn1CC1CCC1C([C@H](NC(=O)c1ccnn1C)C(=O)Nc1ccc2c(c1)C=CC21CCOCC1)C1(C)CC1)C(=O)Nc1cc(C2CCOCC2)on1)C1(C)CC1)C(C1CCC1)C1(C)CC1. The van der Waals surface area contributed by atoms with E-state index in [1.807, 2.05) is 19.1 Å². The Labute approximate surface area is 600 Å². The Bertz CT molecular complexity index is 4180. The van der Waals surface area contributed by atoms with Gasteiger partial charge >= 0.3 is 0 Å². The van der Waals surface area contributed by atoms with E-state index in [1.54, 1.807) is 59.3 Å². The van der Waals surface area contributed by atoms with Gasteiger partial charge in [0.05, 0.1) is 5.69 Å². The number of ether oxygens (including phenoxy) is 3. The van der Waals surface area contributed by atoms with E-state index < -0.39 is 41.8 Å². The molecule has 3 aliphatic heterocycles. The van der Waals surface area contributed by atoms with Gasteiger partial charge in [-0.3, -0.25) is 48.1 Å². The summed E-state index contributed by atoms with van der Waals surface area (Å²) >= 11 is 0. The topological polar surface area (TPSA) is 308 Å². The van der Waals surface area contributed by atoms with Crippen molar-refractivity contribution in [3.05, 3.63) is 112 Å². The third-order valence-electron chi connectivity index (χ3n) is 26.6. The van der Waals surface area contributed by atoms with Crippen LogP contribution in [-0.2, 0) is 54.1 Å². The highest BCUT2D eigenvalue weighted by atomic mass is 16.5. The Kier molecular flexibility index (Phi) is 18.8. The molecule has 548 valence electrons. The van der Waals surface area contributed by atoms with E-state index in [4.69, 9.17) is 33.5 Å². The van der Waals surface area contributed by atoms with Crippen molar-refractivity contribution < 1.29 is 52.0 Å². The molecule has 9 fully saturated rings. The molecule has 1 spiro atoms. The summed E-state index contributed by atoms with van der Waals surface area (Å²) in [7, 11) is 1.71. The zero-order valence-corrected chi connectivity index (χ0v) is 60.1. The van der Waals surface area contributed by atoms with E-state index in [9.17, 15) is 9.59 Å². The molecule has 6 saturated carbocycles. The first-order valence-electron chi connectivity index (χ1n) is 38.2. The lowest BCUT2D eigenvalue weighted by molar-refractivity contribution is -0.122. The van der Waals surface area contributed by atoms with Crippen LogP contribution in [0, 0.1) is 70.5 Å². The second-order valence-electron chi connectivity index (χ2n) is 33.0. The van der Waals surface area contributed by atoms with Gasteiger partial charge in [0.2, 0.25) is 23.6 Å². The van der Waals surface area contributed by atoms with Gasteiger partial charge in [0.15, 0.2) is 5.82 Å². The summed E-state index contributed by atoms with van der Waals surface area (Å²) in [5.74, 6) is -1.42. The molecular formula is C78H100N14O11. The number of benzene rings is 1. The van der Waals surface area contributed by atoms with Crippen molar-refractivity contribution in [2.75, 3.05) is 55.6 Å². The summed E-state index contributed by atoms with van der Waals surface area (Å²) in [6, 6.07) is 10.2. The van der Waals surface area contributed by atoms with Crippen molar-refractivity contribution in [1.82, 2.24) is 55.6 Å². The minimum Gasteiger partial charge on any atom is -0.381 e. The molecule has 25 nitrogen and oxygen atoms in total. The highest BCUT2D eigenvalue weighted by molar-refractivity contribution is 6.03. The van der Waals surface area contributed by atoms with Gasteiger partial charge in [0.1, 0.15) is 41.0 Å². The fourth-order valence-electron chi connectivity index (χ4n) is 19.2. The number of aryl methyl sites for hydroxylation is 1. The second kappa shape index (κ2) is 28.0. The maximum absolute atomic E-state index is 15.5. The Balaban J connectivity index is 0.650. The molecule has 0 radical (unpaired) electrons. The van der Waals surface area contributed by atoms with Gasteiger partial charge in [-0.1, -0.05) is 68.6 Å². The number of hydrogen-bond acceptors (Lipinski definition) is 16. The van der Waals surface area contributed by atoms with E-state index in [2.05, 4.69) is 86.3 Å². The van der Waals surface area contributed by atoms with Crippen LogP contribution < -0.4 is 31.9 Å². The third kappa shape index (κ3) is 13.7. The summed E-state index contributed by atoms with van der Waals surface area (Å²) < 4.78 is 33.8. The molecule has 6 N–H and O–H groups in total. The van der Waals surface area contributed by atoms with Crippen LogP contribution in [0.5, 0.6) is 0 Å². The standard InChI is InChI=1S/C78H100N14O11/c1-45-64(48-21-37-100-38-22-48)89-103-74(45)87-73(98)65(61(47-7-6-8-47)75(2)24-25-75)84-69(94)57-17-33-80-91(57)44-51-10-13-54(51)63(77(4)28-29-77)67(72(97)83-60-42-59(102-88-60)46-19-35-99-36-20-46)86-70(95)58-18-34-81-92(58)43-50-9-12-53(50)62(76(3)26-27-76)66(85-68(93)56-16-32-79-90(56)5)71(96)82-52-11-14-55-49(41-52)15-23-78(55)30-39-101-40-31-78/h11,14-18,23,32-34,41-42,46-48,50-51,53-54,61-63,65-67H,6-10,12-13,19-22,24-31,35-40,43-44H2,1-5H3,(H,82,96)(H,84,94)(H,85,93)(H,86,95)(H,87,98)(H,83,88,97)/t50?,51?,53?,54?,61?,62?,63?,65-,66-,67-/m0/s1. The predicted octanol–water partition coefficient (Wildman–Crippen LogP) is 10.7. The molecule has 6 amide bonds. The number of anilines is 3. The molecule has 10 atom stereocenters. The van der Waals surface area contributed by atoms with Crippen molar-refractivity contribution in [3.63, 3.8) is 0 Å². The van der Waals surface area contributed by atoms with Gasteiger partial charge in [-0.05, 0) is 215 Å². The molecule has 103 heavy (non-hydrogen) atoms. The van der Waals surface area contributed by atoms with Crippen molar-refractivity contribution >= 4 is 58.9 Å². The monoisotopic (exact) mass is 1410 g/mol. The van der Waals surface area contributed by atoms with E-state index in [0.29, 0.717) is 87.1 Å². The van der Waals surface area contributed by atoms with Crippen LogP contribution in [0.1, 0.15) is 214 Å². The van der Waals surface area contributed by atoms with E-state index in [-0.39, 0.29) is 98.5 Å². The Hall–Kier alpha value is -8.29. The fourth-order valence-corrected chi connectivity index (χ4v) is 19.2. The molecule has 6 aromatic rings. The third-order valence-corrected chi connectivity index (χ3v) is 26.6. The molecular weight excluding hydrogens is 1310 g/mol. The van der Waals surface area contributed by atoms with Crippen molar-refractivity contribution in [2.45, 2.75) is 198 Å². The Morgan fingerprint density at radius 3 is 1.58 bits per heavy atom. The molecule has 16 rings (SSSR count). The number of carbonyl (C=O) groups excluding carboxylic acids is 6. The second-order valence-corrected chi connectivity index (χ2v) is 33.0. The number of nitrogens with zero attached hydrogens (tertiary/aromatic N) is 8. The minimum absolute atomic E-state index is 0.0223. The summed E-state index contributed by atoms with van der Waals surface area (Å²) in [5.41, 5.74) is 4.76. The molecule has 10 aliphatic rings. The average molecular weight is 1410 g/mol. The average Bonchev–Trinajstić information content (AvgIpc) is 1.63.